The molecule has 0 aromatic rings. The summed E-state index contributed by atoms with van der Waals surface area (Å²) in [5.41, 5.74) is 6.06. The standard InChI is InChI=1S/C13H26N2O2/c1-4-10(3)15-8-11(6-12(14)9-15)7-13(16)17-5-2/h10-12H,4-9,14H2,1-3H3. The highest BCUT2D eigenvalue weighted by molar-refractivity contribution is 5.69. The van der Waals surface area contributed by atoms with Gasteiger partial charge in [0.1, 0.15) is 0 Å². The molecule has 0 saturated carbocycles. The lowest BCUT2D eigenvalue weighted by Gasteiger charge is -2.39. The van der Waals surface area contributed by atoms with E-state index in [0.717, 1.165) is 25.9 Å². The van der Waals surface area contributed by atoms with E-state index in [1.165, 1.54) is 0 Å². The summed E-state index contributed by atoms with van der Waals surface area (Å²) in [5, 5.41) is 0. The van der Waals surface area contributed by atoms with Crippen molar-refractivity contribution in [1.29, 1.82) is 0 Å². The van der Waals surface area contributed by atoms with Crippen LogP contribution in [0.15, 0.2) is 0 Å². The summed E-state index contributed by atoms with van der Waals surface area (Å²) >= 11 is 0. The fraction of sp³-hybridized carbons (Fsp3) is 0.923. The highest BCUT2D eigenvalue weighted by Crippen LogP contribution is 2.22. The van der Waals surface area contributed by atoms with Gasteiger partial charge in [-0.2, -0.15) is 0 Å². The summed E-state index contributed by atoms with van der Waals surface area (Å²) in [4.78, 5) is 13.9. The van der Waals surface area contributed by atoms with Crippen LogP contribution in [0.25, 0.3) is 0 Å². The molecule has 1 aliphatic rings. The van der Waals surface area contributed by atoms with Crippen LogP contribution >= 0.6 is 0 Å². The fourth-order valence-electron chi connectivity index (χ4n) is 2.51. The van der Waals surface area contributed by atoms with Crippen molar-refractivity contribution in [3.63, 3.8) is 0 Å². The van der Waals surface area contributed by atoms with E-state index in [1.807, 2.05) is 6.92 Å². The Morgan fingerprint density at radius 3 is 2.76 bits per heavy atom. The predicted octanol–water partition coefficient (Wildman–Crippen LogP) is 1.39. The van der Waals surface area contributed by atoms with E-state index in [0.29, 0.717) is 25.0 Å². The van der Waals surface area contributed by atoms with Gasteiger partial charge in [0, 0.05) is 31.6 Å². The third-order valence-electron chi connectivity index (χ3n) is 3.57. The third-order valence-corrected chi connectivity index (χ3v) is 3.57. The van der Waals surface area contributed by atoms with Gasteiger partial charge in [0.25, 0.3) is 0 Å². The van der Waals surface area contributed by atoms with Gasteiger partial charge in [-0.3, -0.25) is 9.69 Å². The summed E-state index contributed by atoms with van der Waals surface area (Å²) in [6.07, 6.45) is 2.57. The Morgan fingerprint density at radius 1 is 1.47 bits per heavy atom. The number of nitrogens with two attached hydrogens (primary N) is 1. The first-order chi connectivity index (χ1) is 8.06. The lowest BCUT2D eigenvalue weighted by molar-refractivity contribution is -0.144. The Morgan fingerprint density at radius 2 is 2.18 bits per heavy atom. The number of esters is 1. The predicted molar refractivity (Wildman–Crippen MR) is 68.7 cm³/mol. The molecule has 0 aromatic carbocycles. The zero-order valence-corrected chi connectivity index (χ0v) is 11.3. The van der Waals surface area contributed by atoms with Crippen LogP contribution in [-0.2, 0) is 9.53 Å². The molecular weight excluding hydrogens is 216 g/mol. The Kier molecular flexibility index (Phi) is 5.92. The van der Waals surface area contributed by atoms with Crippen molar-refractivity contribution in [3.8, 4) is 0 Å². The van der Waals surface area contributed by atoms with Gasteiger partial charge < -0.3 is 10.5 Å². The SMILES string of the molecule is CCOC(=O)CC1CC(N)CN(C(C)CC)C1. The van der Waals surface area contributed by atoms with E-state index in [2.05, 4.69) is 18.7 Å². The van der Waals surface area contributed by atoms with Gasteiger partial charge in [-0.25, -0.2) is 0 Å². The molecule has 0 aromatic heterocycles. The van der Waals surface area contributed by atoms with Crippen LogP contribution in [0.2, 0.25) is 0 Å². The van der Waals surface area contributed by atoms with Gasteiger partial charge in [0.15, 0.2) is 0 Å². The van der Waals surface area contributed by atoms with Crippen molar-refractivity contribution < 1.29 is 9.53 Å². The molecule has 0 radical (unpaired) electrons. The van der Waals surface area contributed by atoms with Gasteiger partial charge in [-0.05, 0) is 32.6 Å². The van der Waals surface area contributed by atoms with Crippen molar-refractivity contribution in [3.05, 3.63) is 0 Å². The summed E-state index contributed by atoms with van der Waals surface area (Å²) in [5.74, 6) is 0.266. The second-order valence-corrected chi connectivity index (χ2v) is 5.08. The lowest BCUT2D eigenvalue weighted by Crippen LogP contribution is -2.50. The molecule has 0 bridgehead atoms. The number of carbonyl (C=O) groups excluding carboxylic acids is 1. The van der Waals surface area contributed by atoms with Gasteiger partial charge >= 0.3 is 5.97 Å². The quantitative estimate of drug-likeness (QED) is 0.740. The van der Waals surface area contributed by atoms with E-state index in [9.17, 15) is 4.79 Å². The van der Waals surface area contributed by atoms with Crippen LogP contribution in [0.1, 0.15) is 40.0 Å². The molecule has 4 nitrogen and oxygen atoms in total. The molecule has 0 amide bonds. The Bertz CT molecular complexity index is 246. The van der Waals surface area contributed by atoms with Crippen LogP contribution in [0.4, 0.5) is 0 Å². The summed E-state index contributed by atoms with van der Waals surface area (Å²) in [6.45, 7) is 8.64. The number of ether oxygens (including phenoxy) is 1. The third kappa shape index (κ3) is 4.64. The monoisotopic (exact) mass is 242 g/mol. The van der Waals surface area contributed by atoms with E-state index >= 15 is 0 Å². The van der Waals surface area contributed by atoms with Crippen molar-refractivity contribution in [2.75, 3.05) is 19.7 Å². The van der Waals surface area contributed by atoms with Crippen LogP contribution < -0.4 is 5.73 Å². The molecule has 1 saturated heterocycles. The van der Waals surface area contributed by atoms with Gasteiger partial charge in [-0.15, -0.1) is 0 Å². The van der Waals surface area contributed by atoms with E-state index in [-0.39, 0.29) is 12.0 Å². The second kappa shape index (κ2) is 6.97. The number of hydrogen-bond acceptors (Lipinski definition) is 4. The molecule has 1 heterocycles. The molecule has 1 rings (SSSR count). The molecule has 3 unspecified atom stereocenters. The largest absolute Gasteiger partial charge is 0.466 e. The van der Waals surface area contributed by atoms with E-state index in [4.69, 9.17) is 10.5 Å². The van der Waals surface area contributed by atoms with Crippen molar-refractivity contribution >= 4 is 5.97 Å². The van der Waals surface area contributed by atoms with Gasteiger partial charge in [-0.1, -0.05) is 6.92 Å². The molecule has 3 atom stereocenters. The highest BCUT2D eigenvalue weighted by atomic mass is 16.5. The average molecular weight is 242 g/mol. The Hall–Kier alpha value is -0.610. The van der Waals surface area contributed by atoms with Crippen LogP contribution in [0.3, 0.4) is 0 Å². The van der Waals surface area contributed by atoms with Crippen LogP contribution in [0.5, 0.6) is 0 Å². The van der Waals surface area contributed by atoms with Gasteiger partial charge in [0.05, 0.1) is 6.61 Å². The summed E-state index contributed by atoms with van der Waals surface area (Å²) in [6, 6.07) is 0.739. The molecule has 4 heteroatoms. The van der Waals surface area contributed by atoms with Crippen LogP contribution in [-0.4, -0.2) is 42.6 Å². The van der Waals surface area contributed by atoms with Gasteiger partial charge in [0.2, 0.25) is 0 Å². The minimum Gasteiger partial charge on any atom is -0.466 e. The minimum atomic E-state index is -0.0873. The number of rotatable bonds is 5. The molecule has 1 fully saturated rings. The molecule has 100 valence electrons. The van der Waals surface area contributed by atoms with Crippen molar-refractivity contribution in [2.24, 2.45) is 11.7 Å². The zero-order chi connectivity index (χ0) is 12.8. The first kappa shape index (κ1) is 14.5. The van der Waals surface area contributed by atoms with E-state index in [1.54, 1.807) is 0 Å². The molecule has 1 aliphatic heterocycles. The minimum absolute atomic E-state index is 0.0873. The number of hydrogen-bond donors (Lipinski definition) is 1. The first-order valence-corrected chi connectivity index (χ1v) is 6.72. The summed E-state index contributed by atoms with van der Waals surface area (Å²) in [7, 11) is 0. The number of piperidine rings is 1. The number of likely N-dealkylation sites (tertiary alicyclic amines) is 1. The lowest BCUT2D eigenvalue weighted by atomic mass is 9.91. The smallest absolute Gasteiger partial charge is 0.306 e. The molecule has 0 spiro atoms. The number of nitrogens with zero attached hydrogens (tertiary/aromatic N) is 1. The molecule has 17 heavy (non-hydrogen) atoms. The van der Waals surface area contributed by atoms with Crippen molar-refractivity contribution in [2.45, 2.75) is 52.1 Å². The summed E-state index contributed by atoms with van der Waals surface area (Å²) < 4.78 is 5.00. The van der Waals surface area contributed by atoms with E-state index < -0.39 is 0 Å². The van der Waals surface area contributed by atoms with Crippen LogP contribution in [0, 0.1) is 5.92 Å². The molecular formula is C13H26N2O2. The second-order valence-electron chi connectivity index (χ2n) is 5.08. The fourth-order valence-corrected chi connectivity index (χ4v) is 2.51. The molecule has 2 N–H and O–H groups in total. The first-order valence-electron chi connectivity index (χ1n) is 6.72. The maximum Gasteiger partial charge on any atom is 0.306 e. The Balaban J connectivity index is 2.47. The topological polar surface area (TPSA) is 55.6 Å². The highest BCUT2D eigenvalue weighted by Gasteiger charge is 2.28. The maximum atomic E-state index is 11.5. The van der Waals surface area contributed by atoms with Crippen molar-refractivity contribution in [1.82, 2.24) is 4.90 Å². The average Bonchev–Trinajstić information content (AvgIpc) is 2.27. The molecule has 0 aliphatic carbocycles. The number of carbonyl (C=O) groups is 1. The maximum absolute atomic E-state index is 11.5. The zero-order valence-electron chi connectivity index (χ0n) is 11.3. The Labute approximate surface area is 104 Å². The normalized spacial score (nSPS) is 27.8.